The van der Waals surface area contributed by atoms with Gasteiger partial charge in [-0.25, -0.2) is 9.98 Å². The van der Waals surface area contributed by atoms with Crippen LogP contribution in [0.15, 0.2) is 35.5 Å². The van der Waals surface area contributed by atoms with Gasteiger partial charge in [0.2, 0.25) is 0 Å². The number of nitrogens with zero attached hydrogens (tertiary/aromatic N) is 3. The molecule has 0 radical (unpaired) electrons. The van der Waals surface area contributed by atoms with Crippen molar-refractivity contribution in [3.8, 4) is 0 Å². The quantitative estimate of drug-likeness (QED) is 0.299. The van der Waals surface area contributed by atoms with E-state index in [1.54, 1.807) is 0 Å². The van der Waals surface area contributed by atoms with Gasteiger partial charge in [-0.15, -0.1) is 24.0 Å². The second kappa shape index (κ2) is 10.7. The van der Waals surface area contributed by atoms with E-state index in [1.807, 2.05) is 6.20 Å². The molecule has 2 aliphatic rings. The van der Waals surface area contributed by atoms with Crippen LogP contribution in [0.25, 0.3) is 0 Å². The molecular formula is C19H30IN5O. The molecule has 0 amide bonds. The van der Waals surface area contributed by atoms with Crippen molar-refractivity contribution in [2.75, 3.05) is 31.1 Å². The summed E-state index contributed by atoms with van der Waals surface area (Å²) >= 11 is 0. The van der Waals surface area contributed by atoms with E-state index in [0.717, 1.165) is 56.4 Å². The van der Waals surface area contributed by atoms with Crippen LogP contribution in [0.3, 0.4) is 0 Å². The second-order valence-electron chi connectivity index (χ2n) is 6.63. The Hall–Kier alpha value is -1.35. The predicted molar refractivity (Wildman–Crippen MR) is 117 cm³/mol. The van der Waals surface area contributed by atoms with Gasteiger partial charge in [0.1, 0.15) is 5.82 Å². The maximum atomic E-state index is 5.59. The monoisotopic (exact) mass is 471 g/mol. The zero-order valence-corrected chi connectivity index (χ0v) is 18.0. The van der Waals surface area contributed by atoms with Crippen molar-refractivity contribution < 1.29 is 4.74 Å². The number of pyridine rings is 1. The molecule has 1 aromatic rings. The lowest BCUT2D eigenvalue weighted by molar-refractivity contribution is 0.0529. The van der Waals surface area contributed by atoms with Crippen molar-refractivity contribution in [1.82, 2.24) is 15.6 Å². The van der Waals surface area contributed by atoms with E-state index in [0.29, 0.717) is 12.6 Å². The number of anilines is 1. The Bertz CT molecular complexity index is 596. The van der Waals surface area contributed by atoms with Crippen LogP contribution >= 0.6 is 24.0 Å². The predicted octanol–water partition coefficient (Wildman–Crippen LogP) is 2.70. The third-order valence-electron chi connectivity index (χ3n) is 4.49. The number of aliphatic imine (C=N–C) groups is 1. The Morgan fingerprint density at radius 2 is 2.15 bits per heavy atom. The number of guanidine groups is 1. The van der Waals surface area contributed by atoms with Gasteiger partial charge in [-0.05, 0) is 38.3 Å². The number of morpholine rings is 1. The highest BCUT2D eigenvalue weighted by Crippen LogP contribution is 2.16. The zero-order valence-electron chi connectivity index (χ0n) is 15.6. The topological polar surface area (TPSA) is 61.8 Å². The molecule has 2 heterocycles. The molecule has 0 saturated carbocycles. The van der Waals surface area contributed by atoms with Crippen molar-refractivity contribution in [2.45, 2.75) is 45.4 Å². The van der Waals surface area contributed by atoms with E-state index in [4.69, 9.17) is 9.73 Å². The first-order valence-corrected chi connectivity index (χ1v) is 9.26. The molecule has 1 atom stereocenters. The number of rotatable bonds is 5. The molecule has 1 fully saturated rings. The van der Waals surface area contributed by atoms with Crippen molar-refractivity contribution >= 4 is 35.8 Å². The SMILES string of the molecule is CCNC(=NCc1ccc(N2CCOC(C)C2)nc1)NC1CC=CC1.I. The summed E-state index contributed by atoms with van der Waals surface area (Å²) in [4.78, 5) is 11.6. The van der Waals surface area contributed by atoms with Gasteiger partial charge in [0.05, 0.1) is 19.3 Å². The first kappa shape index (κ1) is 21.0. The number of halogens is 1. The molecule has 1 aliphatic heterocycles. The molecule has 1 aliphatic carbocycles. The van der Waals surface area contributed by atoms with Crippen LogP contribution in [0, 0.1) is 0 Å². The lowest BCUT2D eigenvalue weighted by Gasteiger charge is -2.32. The van der Waals surface area contributed by atoms with Crippen molar-refractivity contribution in [3.63, 3.8) is 0 Å². The Balaban J connectivity index is 0.00000243. The molecule has 3 rings (SSSR count). The summed E-state index contributed by atoms with van der Waals surface area (Å²) in [6.45, 7) is 8.24. The summed E-state index contributed by atoms with van der Waals surface area (Å²) < 4.78 is 5.59. The third kappa shape index (κ3) is 6.12. The largest absolute Gasteiger partial charge is 0.375 e. The van der Waals surface area contributed by atoms with Gasteiger partial charge < -0.3 is 20.3 Å². The van der Waals surface area contributed by atoms with Crippen molar-refractivity contribution in [3.05, 3.63) is 36.0 Å². The minimum Gasteiger partial charge on any atom is -0.375 e. The number of ether oxygens (including phenoxy) is 1. The van der Waals surface area contributed by atoms with Gasteiger partial charge in [0, 0.05) is 31.9 Å². The lowest BCUT2D eigenvalue weighted by atomic mass is 10.2. The third-order valence-corrected chi connectivity index (χ3v) is 4.49. The summed E-state index contributed by atoms with van der Waals surface area (Å²) in [6.07, 6.45) is 8.77. The fourth-order valence-corrected chi connectivity index (χ4v) is 3.14. The Morgan fingerprint density at radius 3 is 2.81 bits per heavy atom. The van der Waals surface area contributed by atoms with Crippen molar-refractivity contribution in [1.29, 1.82) is 0 Å². The second-order valence-corrected chi connectivity index (χ2v) is 6.63. The fourth-order valence-electron chi connectivity index (χ4n) is 3.14. The zero-order chi connectivity index (χ0) is 17.5. The molecule has 1 saturated heterocycles. The molecule has 2 N–H and O–H groups in total. The van der Waals surface area contributed by atoms with E-state index in [1.165, 1.54) is 0 Å². The lowest BCUT2D eigenvalue weighted by Crippen LogP contribution is -2.42. The van der Waals surface area contributed by atoms with Gasteiger partial charge in [0.15, 0.2) is 5.96 Å². The number of hydrogen-bond donors (Lipinski definition) is 2. The smallest absolute Gasteiger partial charge is 0.191 e. The van der Waals surface area contributed by atoms with Crippen LogP contribution in [-0.2, 0) is 11.3 Å². The van der Waals surface area contributed by atoms with Gasteiger partial charge >= 0.3 is 0 Å². The van der Waals surface area contributed by atoms with Gasteiger partial charge in [-0.2, -0.15) is 0 Å². The van der Waals surface area contributed by atoms with Crippen LogP contribution in [0.2, 0.25) is 0 Å². The van der Waals surface area contributed by atoms with Gasteiger partial charge in [0.25, 0.3) is 0 Å². The molecule has 6 nitrogen and oxygen atoms in total. The number of aromatic nitrogens is 1. The Kier molecular flexibility index (Phi) is 8.64. The first-order valence-electron chi connectivity index (χ1n) is 9.26. The average Bonchev–Trinajstić information content (AvgIpc) is 3.13. The summed E-state index contributed by atoms with van der Waals surface area (Å²) in [6, 6.07) is 4.66. The highest BCUT2D eigenvalue weighted by Gasteiger charge is 2.17. The van der Waals surface area contributed by atoms with E-state index in [9.17, 15) is 0 Å². The first-order chi connectivity index (χ1) is 12.2. The number of nitrogens with one attached hydrogen (secondary N) is 2. The minimum absolute atomic E-state index is 0. The van der Waals surface area contributed by atoms with Crippen LogP contribution in [0.4, 0.5) is 5.82 Å². The molecule has 1 unspecified atom stereocenters. The molecule has 26 heavy (non-hydrogen) atoms. The standard InChI is InChI=1S/C19H29N5O.HI/c1-3-20-19(23-17-6-4-5-7-17)22-13-16-8-9-18(21-12-16)24-10-11-25-15(2)14-24;/h4-5,8-9,12,15,17H,3,6-7,10-11,13-14H2,1-2H3,(H2,20,22,23);1H. The van der Waals surface area contributed by atoms with Crippen LogP contribution < -0.4 is 15.5 Å². The molecule has 0 aromatic carbocycles. The van der Waals surface area contributed by atoms with Crippen LogP contribution in [-0.4, -0.2) is 49.3 Å². The molecule has 144 valence electrons. The highest BCUT2D eigenvalue weighted by atomic mass is 127. The summed E-state index contributed by atoms with van der Waals surface area (Å²) in [7, 11) is 0. The van der Waals surface area contributed by atoms with Gasteiger partial charge in [-0.1, -0.05) is 18.2 Å². The average molecular weight is 471 g/mol. The molecule has 0 spiro atoms. The van der Waals surface area contributed by atoms with Gasteiger partial charge in [-0.3, -0.25) is 0 Å². The summed E-state index contributed by atoms with van der Waals surface area (Å²) in [5.74, 6) is 1.90. The van der Waals surface area contributed by atoms with Crippen LogP contribution in [0.1, 0.15) is 32.3 Å². The van der Waals surface area contributed by atoms with Crippen molar-refractivity contribution in [2.24, 2.45) is 4.99 Å². The summed E-state index contributed by atoms with van der Waals surface area (Å²) in [5.41, 5.74) is 1.12. The van der Waals surface area contributed by atoms with E-state index in [2.05, 4.69) is 58.6 Å². The summed E-state index contributed by atoms with van der Waals surface area (Å²) in [5, 5.41) is 6.81. The Labute approximate surface area is 173 Å². The number of hydrogen-bond acceptors (Lipinski definition) is 4. The van der Waals surface area contributed by atoms with E-state index < -0.39 is 0 Å². The molecule has 0 bridgehead atoms. The molecule has 7 heteroatoms. The highest BCUT2D eigenvalue weighted by molar-refractivity contribution is 14.0. The molecule has 1 aromatic heterocycles. The van der Waals surface area contributed by atoms with Crippen LogP contribution in [0.5, 0.6) is 0 Å². The van der Waals surface area contributed by atoms with E-state index >= 15 is 0 Å². The van der Waals surface area contributed by atoms with E-state index in [-0.39, 0.29) is 30.1 Å². The molecular weight excluding hydrogens is 441 g/mol. The maximum Gasteiger partial charge on any atom is 0.191 e. The normalized spacial score (nSPS) is 20.8. The minimum atomic E-state index is 0. The fraction of sp³-hybridized carbons (Fsp3) is 0.579. The Morgan fingerprint density at radius 1 is 1.35 bits per heavy atom. The maximum absolute atomic E-state index is 5.59.